The van der Waals surface area contributed by atoms with Crippen molar-refractivity contribution in [3.63, 3.8) is 0 Å². The number of carbonyl (C=O) groups excluding carboxylic acids is 1. The van der Waals surface area contributed by atoms with E-state index in [1.54, 1.807) is 0 Å². The van der Waals surface area contributed by atoms with Crippen molar-refractivity contribution in [2.75, 3.05) is 13.6 Å². The lowest BCUT2D eigenvalue weighted by atomic mass is 10.2. The summed E-state index contributed by atoms with van der Waals surface area (Å²) < 4.78 is 69.2. The predicted octanol–water partition coefficient (Wildman–Crippen LogP) is 2.57. The van der Waals surface area contributed by atoms with Crippen molar-refractivity contribution in [1.29, 1.82) is 0 Å². The molecule has 0 unspecified atom stereocenters. The summed E-state index contributed by atoms with van der Waals surface area (Å²) in [6, 6.07) is -0.478. The molecule has 1 N–H and O–H groups in total. The van der Waals surface area contributed by atoms with Crippen LogP contribution in [-0.4, -0.2) is 45.2 Å². The number of halogens is 2. The second-order valence-corrected chi connectivity index (χ2v) is 6.32. The molecule has 1 saturated heterocycles. The summed E-state index contributed by atoms with van der Waals surface area (Å²) in [5.74, 6) is 0. The highest BCUT2D eigenvalue weighted by molar-refractivity contribution is 7.16. The fourth-order valence-electron chi connectivity index (χ4n) is 2.70. The SMILES string of the molecule is [2H]C([2H])([2H])OC([2H])([2H])c1nn2c(CN3C[C@@H](CCC)NC3=O)c(C(F)F)nc2s1. The van der Waals surface area contributed by atoms with E-state index in [4.69, 9.17) is 6.85 Å². The van der Waals surface area contributed by atoms with E-state index in [0.717, 1.165) is 17.4 Å². The number of rotatable bonds is 7. The zero-order valence-electron chi connectivity index (χ0n) is 17.8. The number of amides is 2. The van der Waals surface area contributed by atoms with E-state index >= 15 is 0 Å². The molecule has 0 saturated carbocycles. The number of methoxy groups -OCH3 is 1. The molecule has 0 spiro atoms. The van der Waals surface area contributed by atoms with Crippen LogP contribution < -0.4 is 5.32 Å². The highest BCUT2D eigenvalue weighted by Gasteiger charge is 2.31. The van der Waals surface area contributed by atoms with Crippen LogP contribution in [0.5, 0.6) is 0 Å². The van der Waals surface area contributed by atoms with E-state index in [1.807, 2.05) is 6.92 Å². The zero-order chi connectivity index (χ0) is 21.6. The third kappa shape index (κ3) is 3.20. The second kappa shape index (κ2) is 6.98. The first-order valence-electron chi connectivity index (χ1n) is 9.84. The molecule has 3 rings (SSSR count). The molecule has 0 radical (unpaired) electrons. The molecule has 0 aromatic carbocycles. The number of imidazole rings is 1. The number of hydrogen-bond acceptors (Lipinski definition) is 5. The van der Waals surface area contributed by atoms with Crippen LogP contribution in [0.25, 0.3) is 4.96 Å². The van der Waals surface area contributed by atoms with E-state index in [1.165, 1.54) is 4.90 Å². The molecular weight excluding hydrogens is 340 g/mol. The maximum Gasteiger partial charge on any atom is 0.318 e. The summed E-state index contributed by atoms with van der Waals surface area (Å²) in [7, 11) is -3.02. The molecule has 2 aromatic heterocycles. The lowest BCUT2D eigenvalue weighted by molar-refractivity contribution is 0.143. The van der Waals surface area contributed by atoms with Gasteiger partial charge in [-0.05, 0) is 6.42 Å². The summed E-state index contributed by atoms with van der Waals surface area (Å²) in [5, 5.41) is 6.32. The van der Waals surface area contributed by atoms with Crippen LogP contribution in [0, 0.1) is 0 Å². The molecule has 2 aromatic rings. The number of nitrogens with one attached hydrogen (secondary N) is 1. The van der Waals surface area contributed by atoms with Crippen LogP contribution in [0.1, 0.15) is 49.4 Å². The van der Waals surface area contributed by atoms with Gasteiger partial charge in [-0.15, -0.1) is 0 Å². The van der Waals surface area contributed by atoms with E-state index in [-0.39, 0.29) is 28.2 Å². The number of ether oxygens (including phenoxy) is 1. The quantitative estimate of drug-likeness (QED) is 0.820. The number of carbonyl (C=O) groups is 1. The summed E-state index contributed by atoms with van der Waals surface area (Å²) in [5.41, 5.74) is -0.617. The Morgan fingerprint density at radius 3 is 3.17 bits per heavy atom. The van der Waals surface area contributed by atoms with Crippen LogP contribution in [-0.2, 0) is 17.8 Å². The first-order chi connectivity index (χ1) is 13.4. The Hall–Kier alpha value is -1.81. The van der Waals surface area contributed by atoms with Crippen molar-refractivity contribution in [3.05, 3.63) is 16.4 Å². The average Bonchev–Trinajstić information content (AvgIpc) is 3.20. The van der Waals surface area contributed by atoms with Gasteiger partial charge in [-0.3, -0.25) is 0 Å². The maximum atomic E-state index is 13.5. The van der Waals surface area contributed by atoms with E-state index in [2.05, 4.69) is 20.1 Å². The first-order valence-corrected chi connectivity index (χ1v) is 8.15. The zero-order valence-corrected chi connectivity index (χ0v) is 13.6. The molecule has 24 heavy (non-hydrogen) atoms. The van der Waals surface area contributed by atoms with Crippen molar-refractivity contribution in [1.82, 2.24) is 24.8 Å². The smallest absolute Gasteiger partial charge is 0.318 e. The highest BCUT2D eigenvalue weighted by atomic mass is 32.1. The highest BCUT2D eigenvalue weighted by Crippen LogP contribution is 2.28. The van der Waals surface area contributed by atoms with E-state index in [9.17, 15) is 13.6 Å². The molecule has 10 heteroatoms. The van der Waals surface area contributed by atoms with Gasteiger partial charge in [0, 0.05) is 19.6 Å². The van der Waals surface area contributed by atoms with Gasteiger partial charge in [0.2, 0.25) is 4.96 Å². The molecule has 1 aliphatic rings. The predicted molar refractivity (Wildman–Crippen MR) is 84.2 cm³/mol. The molecule has 1 fully saturated rings. The number of alkyl halides is 2. The fourth-order valence-corrected chi connectivity index (χ4v) is 3.46. The molecule has 7 nitrogen and oxygen atoms in total. The molecule has 132 valence electrons. The first kappa shape index (κ1) is 11.7. The minimum absolute atomic E-state index is 0.0481. The van der Waals surface area contributed by atoms with Gasteiger partial charge in [0.25, 0.3) is 6.43 Å². The summed E-state index contributed by atoms with van der Waals surface area (Å²) >= 11 is 0.603. The number of aromatic nitrogens is 3. The largest absolute Gasteiger partial charge is 0.377 e. The summed E-state index contributed by atoms with van der Waals surface area (Å²) in [6.07, 6.45) is -1.32. The minimum Gasteiger partial charge on any atom is -0.377 e. The normalized spacial score (nSPS) is 22.3. The molecular formula is C14H19F2N5O2S. The third-order valence-corrected chi connectivity index (χ3v) is 4.51. The van der Waals surface area contributed by atoms with Crippen LogP contribution >= 0.6 is 11.3 Å². The van der Waals surface area contributed by atoms with Gasteiger partial charge >= 0.3 is 6.03 Å². The molecule has 3 heterocycles. The van der Waals surface area contributed by atoms with Gasteiger partial charge in [0.1, 0.15) is 10.7 Å². The van der Waals surface area contributed by atoms with Crippen LogP contribution in [0.4, 0.5) is 13.6 Å². The maximum absolute atomic E-state index is 13.5. The van der Waals surface area contributed by atoms with Gasteiger partial charge in [0.15, 0.2) is 0 Å². The van der Waals surface area contributed by atoms with Gasteiger partial charge in [-0.2, -0.15) is 5.10 Å². The number of hydrogen-bond donors (Lipinski definition) is 1. The number of urea groups is 1. The molecule has 1 aliphatic heterocycles. The van der Waals surface area contributed by atoms with Crippen molar-refractivity contribution in [3.8, 4) is 0 Å². The summed E-state index contributed by atoms with van der Waals surface area (Å²) in [6.45, 7) is -0.659. The van der Waals surface area contributed by atoms with Gasteiger partial charge < -0.3 is 15.0 Å². The fraction of sp³-hybridized carbons (Fsp3) is 0.643. The van der Waals surface area contributed by atoms with E-state index in [0.29, 0.717) is 17.9 Å². The van der Waals surface area contributed by atoms with Crippen molar-refractivity contribution < 1.29 is 25.2 Å². The molecule has 0 bridgehead atoms. The van der Waals surface area contributed by atoms with Crippen LogP contribution in [0.2, 0.25) is 0 Å². The van der Waals surface area contributed by atoms with Crippen molar-refractivity contribution >= 4 is 22.3 Å². The van der Waals surface area contributed by atoms with Crippen LogP contribution in [0.3, 0.4) is 0 Å². The molecule has 2 amide bonds. The van der Waals surface area contributed by atoms with Gasteiger partial charge in [-0.1, -0.05) is 24.7 Å². The Morgan fingerprint density at radius 1 is 1.62 bits per heavy atom. The Bertz CT molecular complexity index is 903. The van der Waals surface area contributed by atoms with Crippen LogP contribution in [0.15, 0.2) is 0 Å². The lowest BCUT2D eigenvalue weighted by Crippen LogP contribution is -2.29. The minimum atomic E-state index is -3.02. The number of nitrogens with zero attached hydrogens (tertiary/aromatic N) is 4. The summed E-state index contributed by atoms with van der Waals surface area (Å²) in [4.78, 5) is 17.3. The van der Waals surface area contributed by atoms with Gasteiger partial charge in [-0.25, -0.2) is 23.1 Å². The van der Waals surface area contributed by atoms with Gasteiger partial charge in [0.05, 0.1) is 25.7 Å². The van der Waals surface area contributed by atoms with E-state index < -0.39 is 31.7 Å². The second-order valence-electron chi connectivity index (χ2n) is 5.37. The Morgan fingerprint density at radius 2 is 2.46 bits per heavy atom. The Kier molecular flexibility index (Phi) is 3.40. The topological polar surface area (TPSA) is 71.8 Å². The monoisotopic (exact) mass is 364 g/mol. The van der Waals surface area contributed by atoms with Crippen molar-refractivity contribution in [2.24, 2.45) is 0 Å². The molecule has 1 atom stereocenters. The molecule has 0 aliphatic carbocycles. The lowest BCUT2D eigenvalue weighted by Gasteiger charge is -2.14. The Labute approximate surface area is 148 Å². The standard InChI is InChI=1S/C14H19F2N5O2S/c1-3-4-8-5-20(13(22)17-8)6-9-11(12(15)16)18-14-21(9)19-10(24-14)7-23-2/h8,12H,3-7H2,1-2H3,(H,17,22)/t8-/m1/s1/i2D3,7D2. The number of fused-ring (bicyclic) bond motifs is 1. The Balaban J connectivity index is 1.94. The third-order valence-electron chi connectivity index (χ3n) is 3.71. The van der Waals surface area contributed by atoms with Crippen molar-refractivity contribution in [2.45, 2.75) is 45.3 Å². The average molecular weight is 364 g/mol.